The predicted octanol–water partition coefficient (Wildman–Crippen LogP) is 2.30. The predicted molar refractivity (Wildman–Crippen MR) is 72.1 cm³/mol. The summed E-state index contributed by atoms with van der Waals surface area (Å²) in [6, 6.07) is 6.88. The highest BCUT2D eigenvalue weighted by Crippen LogP contribution is 2.18. The zero-order valence-corrected chi connectivity index (χ0v) is 11.3. The van der Waals surface area contributed by atoms with Crippen LogP contribution in [0, 0.1) is 6.92 Å². The third-order valence-corrected chi connectivity index (χ3v) is 2.96. The summed E-state index contributed by atoms with van der Waals surface area (Å²) in [5, 5.41) is 3.25. The quantitative estimate of drug-likeness (QED) is 0.878. The molecule has 100 valence electrons. The Balaban J connectivity index is 2.57. The lowest BCUT2D eigenvalue weighted by Crippen LogP contribution is -2.21. The highest BCUT2D eigenvalue weighted by Gasteiger charge is 2.21. The normalized spacial score (nSPS) is 10.5. The van der Waals surface area contributed by atoms with E-state index in [0.29, 0.717) is 16.4 Å². The number of hydrogen-bond acceptors (Lipinski definition) is 3. The number of halogens is 1. The smallest absolute Gasteiger partial charge is 0.345 e. The molecule has 1 aromatic heterocycles. The van der Waals surface area contributed by atoms with E-state index in [0.717, 1.165) is 0 Å². The average molecular weight is 281 g/mol. The summed E-state index contributed by atoms with van der Waals surface area (Å²) in [4.78, 5) is 24.0. The van der Waals surface area contributed by atoms with Crippen LogP contribution in [-0.4, -0.2) is 22.4 Å². The van der Waals surface area contributed by atoms with Crippen molar-refractivity contribution in [2.45, 2.75) is 13.8 Å². The SMILES string of the molecule is CCOC(=O)c1c(C)[nH]n(-c2ccccc2Cl)c1=O. The van der Waals surface area contributed by atoms with E-state index in [1.807, 2.05) is 0 Å². The Kier molecular flexibility index (Phi) is 3.76. The van der Waals surface area contributed by atoms with E-state index in [-0.39, 0.29) is 12.2 Å². The molecule has 5 nitrogen and oxygen atoms in total. The lowest BCUT2D eigenvalue weighted by molar-refractivity contribution is 0.0524. The van der Waals surface area contributed by atoms with Crippen molar-refractivity contribution in [3.63, 3.8) is 0 Å². The van der Waals surface area contributed by atoms with Crippen LogP contribution in [0.5, 0.6) is 0 Å². The first-order chi connectivity index (χ1) is 9.06. The summed E-state index contributed by atoms with van der Waals surface area (Å²) in [6.07, 6.45) is 0. The average Bonchev–Trinajstić information content (AvgIpc) is 2.66. The van der Waals surface area contributed by atoms with Crippen LogP contribution in [0.25, 0.3) is 5.69 Å². The highest BCUT2D eigenvalue weighted by molar-refractivity contribution is 6.32. The summed E-state index contributed by atoms with van der Waals surface area (Å²) < 4.78 is 6.10. The zero-order chi connectivity index (χ0) is 14.0. The summed E-state index contributed by atoms with van der Waals surface area (Å²) >= 11 is 6.04. The number of carbonyl (C=O) groups excluding carboxylic acids is 1. The van der Waals surface area contributed by atoms with Crippen molar-refractivity contribution in [1.29, 1.82) is 0 Å². The summed E-state index contributed by atoms with van der Waals surface area (Å²) in [7, 11) is 0. The molecule has 2 aromatic rings. The first kappa shape index (κ1) is 13.4. The Morgan fingerprint density at radius 1 is 1.42 bits per heavy atom. The Bertz CT molecular complexity index is 673. The number of aromatic amines is 1. The van der Waals surface area contributed by atoms with Crippen molar-refractivity contribution in [2.75, 3.05) is 6.61 Å². The van der Waals surface area contributed by atoms with E-state index in [1.54, 1.807) is 38.1 Å². The van der Waals surface area contributed by atoms with Gasteiger partial charge in [0.05, 0.1) is 17.3 Å². The van der Waals surface area contributed by atoms with Gasteiger partial charge in [0, 0.05) is 5.69 Å². The zero-order valence-electron chi connectivity index (χ0n) is 10.6. The molecule has 0 amide bonds. The van der Waals surface area contributed by atoms with E-state index < -0.39 is 11.5 Å². The molecule has 0 bridgehead atoms. The Morgan fingerprint density at radius 2 is 2.11 bits per heavy atom. The molecule has 1 aromatic carbocycles. The molecule has 1 heterocycles. The molecule has 19 heavy (non-hydrogen) atoms. The van der Waals surface area contributed by atoms with Crippen molar-refractivity contribution in [3.05, 3.63) is 50.9 Å². The van der Waals surface area contributed by atoms with Gasteiger partial charge >= 0.3 is 5.97 Å². The van der Waals surface area contributed by atoms with E-state index in [1.165, 1.54) is 4.68 Å². The second kappa shape index (κ2) is 5.32. The molecule has 0 radical (unpaired) electrons. The second-order valence-electron chi connectivity index (χ2n) is 3.92. The molecule has 1 N–H and O–H groups in total. The highest BCUT2D eigenvalue weighted by atomic mass is 35.5. The monoisotopic (exact) mass is 280 g/mol. The third-order valence-electron chi connectivity index (χ3n) is 2.64. The fourth-order valence-corrected chi connectivity index (χ4v) is 2.01. The number of nitrogens with one attached hydrogen (secondary N) is 1. The van der Waals surface area contributed by atoms with Crippen LogP contribution >= 0.6 is 11.6 Å². The van der Waals surface area contributed by atoms with Gasteiger partial charge in [0.25, 0.3) is 5.56 Å². The molecule has 0 spiro atoms. The van der Waals surface area contributed by atoms with Crippen molar-refractivity contribution in [1.82, 2.24) is 9.78 Å². The van der Waals surface area contributed by atoms with Crippen LogP contribution in [0.4, 0.5) is 0 Å². The molecule has 0 saturated carbocycles. The van der Waals surface area contributed by atoms with Crippen LogP contribution in [0.1, 0.15) is 23.0 Å². The molecule has 0 atom stereocenters. The fraction of sp³-hybridized carbons (Fsp3) is 0.231. The third kappa shape index (κ3) is 2.42. The first-order valence-electron chi connectivity index (χ1n) is 5.80. The molecular formula is C13H13ClN2O3. The molecule has 0 aliphatic heterocycles. The topological polar surface area (TPSA) is 64.1 Å². The van der Waals surface area contributed by atoms with Gasteiger partial charge in [0.2, 0.25) is 0 Å². The Morgan fingerprint density at radius 3 is 2.74 bits per heavy atom. The number of aromatic nitrogens is 2. The second-order valence-corrected chi connectivity index (χ2v) is 4.33. The maximum absolute atomic E-state index is 12.2. The van der Waals surface area contributed by atoms with Gasteiger partial charge in [-0.25, -0.2) is 9.48 Å². The molecule has 6 heteroatoms. The van der Waals surface area contributed by atoms with Gasteiger partial charge in [0.15, 0.2) is 0 Å². The van der Waals surface area contributed by atoms with Crippen molar-refractivity contribution < 1.29 is 9.53 Å². The van der Waals surface area contributed by atoms with Gasteiger partial charge in [-0.3, -0.25) is 9.89 Å². The number of benzene rings is 1. The van der Waals surface area contributed by atoms with Gasteiger partial charge in [-0.15, -0.1) is 0 Å². The van der Waals surface area contributed by atoms with Gasteiger partial charge in [0.1, 0.15) is 5.56 Å². The Labute approximate surface area is 114 Å². The molecular weight excluding hydrogens is 268 g/mol. The largest absolute Gasteiger partial charge is 0.462 e. The minimum absolute atomic E-state index is 0.00164. The summed E-state index contributed by atoms with van der Waals surface area (Å²) in [5.74, 6) is -0.632. The molecule has 0 saturated heterocycles. The standard InChI is InChI=1S/C13H13ClN2O3/c1-3-19-13(18)11-8(2)15-16(12(11)17)10-7-5-4-6-9(10)14/h4-7,15H,3H2,1-2H3. The van der Waals surface area contributed by atoms with Crippen LogP contribution in [0.2, 0.25) is 5.02 Å². The van der Waals surface area contributed by atoms with Gasteiger partial charge in [-0.05, 0) is 26.0 Å². The molecule has 0 unspecified atom stereocenters. The fourth-order valence-electron chi connectivity index (χ4n) is 1.79. The number of nitrogens with zero attached hydrogens (tertiary/aromatic N) is 1. The minimum Gasteiger partial charge on any atom is -0.462 e. The summed E-state index contributed by atoms with van der Waals surface area (Å²) in [5.41, 5.74) is 0.474. The number of hydrogen-bond donors (Lipinski definition) is 1. The van der Waals surface area contributed by atoms with E-state index in [4.69, 9.17) is 16.3 Å². The number of para-hydroxylation sites is 1. The van der Waals surface area contributed by atoms with Crippen molar-refractivity contribution in [2.24, 2.45) is 0 Å². The van der Waals surface area contributed by atoms with E-state index in [9.17, 15) is 9.59 Å². The maximum Gasteiger partial charge on any atom is 0.345 e. The van der Waals surface area contributed by atoms with E-state index in [2.05, 4.69) is 5.10 Å². The van der Waals surface area contributed by atoms with Gasteiger partial charge in [-0.2, -0.15) is 0 Å². The summed E-state index contributed by atoms with van der Waals surface area (Å²) in [6.45, 7) is 3.54. The molecule has 0 fully saturated rings. The van der Waals surface area contributed by atoms with Crippen molar-refractivity contribution >= 4 is 17.6 Å². The lowest BCUT2D eigenvalue weighted by Gasteiger charge is -2.03. The van der Waals surface area contributed by atoms with Gasteiger partial charge < -0.3 is 4.74 Å². The number of esters is 1. The molecule has 0 aliphatic rings. The van der Waals surface area contributed by atoms with Crippen LogP contribution < -0.4 is 5.56 Å². The number of rotatable bonds is 3. The van der Waals surface area contributed by atoms with E-state index >= 15 is 0 Å². The number of ether oxygens (including phenoxy) is 1. The maximum atomic E-state index is 12.2. The van der Waals surface area contributed by atoms with Crippen molar-refractivity contribution in [3.8, 4) is 5.69 Å². The number of carbonyl (C=O) groups is 1. The number of H-pyrrole nitrogens is 1. The lowest BCUT2D eigenvalue weighted by atomic mass is 10.2. The minimum atomic E-state index is -0.632. The molecule has 0 aliphatic carbocycles. The molecule has 2 rings (SSSR count). The van der Waals surface area contributed by atoms with Crippen LogP contribution in [-0.2, 0) is 4.74 Å². The van der Waals surface area contributed by atoms with Crippen LogP contribution in [0.3, 0.4) is 0 Å². The Hall–Kier alpha value is -2.01. The number of aryl methyl sites for hydroxylation is 1. The van der Waals surface area contributed by atoms with Gasteiger partial charge in [-0.1, -0.05) is 23.7 Å². The van der Waals surface area contributed by atoms with Crippen LogP contribution in [0.15, 0.2) is 29.1 Å². The first-order valence-corrected chi connectivity index (χ1v) is 6.17.